The molecule has 4 aliphatic rings. The fourth-order valence-corrected chi connectivity index (χ4v) is 10.8. The van der Waals surface area contributed by atoms with Gasteiger partial charge in [0.2, 0.25) is 0 Å². The first kappa shape index (κ1) is 31.8. The Morgan fingerprint density at radius 3 is 1.25 bits per heavy atom. The van der Waals surface area contributed by atoms with E-state index in [2.05, 4.69) is 126 Å². The van der Waals surface area contributed by atoms with Gasteiger partial charge >= 0.3 is 0 Å². The maximum atomic E-state index is 10.4. The van der Waals surface area contributed by atoms with Gasteiger partial charge in [-0.05, 0) is 147 Å². The van der Waals surface area contributed by atoms with Crippen LogP contribution in [0, 0.1) is 22.7 Å². The fraction of sp³-hybridized carbons (Fsp3) is 0.160. The molecule has 0 radical (unpaired) electrons. The molecule has 0 saturated carbocycles. The molecular formula is C50H34B2N2O2. The molecule has 4 nitrogen and oxygen atoms in total. The number of nitrogens with zero attached hydrogens (tertiary/aromatic N) is 2. The van der Waals surface area contributed by atoms with Crippen LogP contribution in [-0.2, 0) is 10.8 Å². The van der Waals surface area contributed by atoms with E-state index in [1.165, 1.54) is 54.4 Å². The lowest BCUT2D eigenvalue weighted by atomic mass is 9.31. The Balaban J connectivity index is 1.36. The highest BCUT2D eigenvalue weighted by Gasteiger charge is 2.45. The van der Waals surface area contributed by atoms with E-state index >= 15 is 0 Å². The maximum Gasteiger partial charge on any atom is 0.252 e. The summed E-state index contributed by atoms with van der Waals surface area (Å²) in [6, 6.07) is 39.6. The van der Waals surface area contributed by atoms with Gasteiger partial charge in [-0.3, -0.25) is 0 Å². The normalized spacial score (nSPS) is 14.1. The lowest BCUT2D eigenvalue weighted by Crippen LogP contribution is -2.58. The van der Waals surface area contributed by atoms with Crippen molar-refractivity contribution in [3.63, 3.8) is 0 Å². The molecule has 56 heavy (non-hydrogen) atoms. The number of rotatable bonds is 0. The third-order valence-corrected chi connectivity index (χ3v) is 13.0. The quantitative estimate of drug-likeness (QED) is 0.118. The molecule has 4 aliphatic heterocycles. The summed E-state index contributed by atoms with van der Waals surface area (Å²) in [5.74, 6) is 3.20. The number of benzene rings is 8. The summed E-state index contributed by atoms with van der Waals surface area (Å²) in [6.45, 7) is 13.8. The standard InChI is InChI=1S/C50H34B2N2O2/c1-49(2,3)33-19-27-29-15-25(23-53)17-41-47(29)52(36-12-8-10-14-40(36)55-41)38-22-32-34(50(4,5)6)20-28-30-16-26(24-54)18-42-48(30)51(35-11-7-9-13-39(35)56-42)37-21-31(33)45(43(27)38)46(32)44(28)37/h7-22H,1-6H3. The summed E-state index contributed by atoms with van der Waals surface area (Å²) in [7, 11) is 0. The van der Waals surface area contributed by atoms with Crippen LogP contribution in [0.15, 0.2) is 97.1 Å². The van der Waals surface area contributed by atoms with Gasteiger partial charge in [0.05, 0.1) is 23.3 Å². The number of fused-ring (bicyclic) bond motifs is 8. The van der Waals surface area contributed by atoms with E-state index in [1.54, 1.807) is 0 Å². The predicted molar refractivity (Wildman–Crippen MR) is 230 cm³/mol. The molecule has 0 unspecified atom stereocenters. The van der Waals surface area contributed by atoms with Crippen molar-refractivity contribution >= 4 is 78.5 Å². The van der Waals surface area contributed by atoms with Crippen molar-refractivity contribution < 1.29 is 9.47 Å². The van der Waals surface area contributed by atoms with E-state index in [4.69, 9.17) is 9.47 Å². The average Bonchev–Trinajstić information content (AvgIpc) is 3.18. The minimum Gasteiger partial charge on any atom is -0.458 e. The molecule has 0 aliphatic carbocycles. The van der Waals surface area contributed by atoms with Crippen LogP contribution in [0.3, 0.4) is 0 Å². The minimum atomic E-state index is -0.207. The van der Waals surface area contributed by atoms with Crippen molar-refractivity contribution in [1.82, 2.24) is 0 Å². The van der Waals surface area contributed by atoms with Crippen LogP contribution in [0.25, 0.3) is 54.6 Å². The van der Waals surface area contributed by atoms with Crippen molar-refractivity contribution in [3.05, 3.63) is 119 Å². The Hall–Kier alpha value is -6.49. The molecule has 0 fully saturated rings. The molecule has 6 heteroatoms. The second-order valence-electron chi connectivity index (χ2n) is 18.2. The minimum absolute atomic E-state index is 0.0685. The van der Waals surface area contributed by atoms with Crippen molar-refractivity contribution in [2.24, 2.45) is 0 Å². The number of hydrogen-bond acceptors (Lipinski definition) is 4. The Labute approximate surface area is 326 Å². The molecule has 0 atom stereocenters. The van der Waals surface area contributed by atoms with Gasteiger partial charge in [-0.15, -0.1) is 0 Å². The Bertz CT molecular complexity index is 3040. The highest BCUT2D eigenvalue weighted by Crippen LogP contribution is 2.51. The van der Waals surface area contributed by atoms with Crippen LogP contribution in [0.5, 0.6) is 23.0 Å². The van der Waals surface area contributed by atoms with Crippen LogP contribution in [0.1, 0.15) is 63.8 Å². The largest absolute Gasteiger partial charge is 0.458 e. The van der Waals surface area contributed by atoms with Crippen molar-refractivity contribution in [3.8, 4) is 57.4 Å². The van der Waals surface area contributed by atoms with E-state index in [0.717, 1.165) is 67.1 Å². The number of ether oxygens (including phenoxy) is 2. The number of hydrogen-bond donors (Lipinski definition) is 0. The third-order valence-electron chi connectivity index (χ3n) is 13.0. The fourth-order valence-electron chi connectivity index (χ4n) is 10.8. The molecular weight excluding hydrogens is 682 g/mol. The van der Waals surface area contributed by atoms with E-state index in [0.29, 0.717) is 11.1 Å². The maximum absolute atomic E-state index is 10.4. The molecule has 4 heterocycles. The zero-order chi connectivity index (χ0) is 38.2. The number of nitriles is 2. The number of para-hydroxylation sites is 2. The molecule has 0 bridgehead atoms. The van der Waals surface area contributed by atoms with E-state index in [1.807, 2.05) is 24.3 Å². The lowest BCUT2D eigenvalue weighted by Gasteiger charge is -2.39. The molecule has 262 valence electrons. The lowest BCUT2D eigenvalue weighted by molar-refractivity contribution is 0.487. The van der Waals surface area contributed by atoms with Crippen LogP contribution < -0.4 is 42.3 Å². The van der Waals surface area contributed by atoms with E-state index in [9.17, 15) is 10.5 Å². The van der Waals surface area contributed by atoms with E-state index in [-0.39, 0.29) is 24.3 Å². The van der Waals surface area contributed by atoms with Gasteiger partial charge in [-0.25, -0.2) is 0 Å². The molecule has 8 aromatic carbocycles. The van der Waals surface area contributed by atoms with Gasteiger partial charge in [-0.2, -0.15) is 10.5 Å². The second-order valence-corrected chi connectivity index (χ2v) is 18.2. The topological polar surface area (TPSA) is 66.0 Å². The van der Waals surface area contributed by atoms with Crippen LogP contribution >= 0.6 is 0 Å². The summed E-state index contributed by atoms with van der Waals surface area (Å²) in [5.41, 5.74) is 14.9. The molecule has 0 amide bonds. The van der Waals surface area contributed by atoms with E-state index < -0.39 is 0 Å². The van der Waals surface area contributed by atoms with Gasteiger partial charge < -0.3 is 9.47 Å². The van der Waals surface area contributed by atoms with Gasteiger partial charge in [0.25, 0.3) is 13.4 Å². The summed E-state index contributed by atoms with van der Waals surface area (Å²) >= 11 is 0. The smallest absolute Gasteiger partial charge is 0.252 e. The second kappa shape index (κ2) is 10.2. The third kappa shape index (κ3) is 3.84. The summed E-state index contributed by atoms with van der Waals surface area (Å²) in [6.07, 6.45) is 0. The van der Waals surface area contributed by atoms with Gasteiger partial charge in [0.1, 0.15) is 23.0 Å². The molecule has 0 saturated heterocycles. The monoisotopic (exact) mass is 716 g/mol. The first-order valence-electron chi connectivity index (χ1n) is 19.5. The SMILES string of the molecule is CC(C)(C)c1cc2c3c(cc4c(C(C)(C)C)cc5c6c(cc1c3c46)B1c3ccccc3Oc3cc(C#N)cc-5c31)B1c3ccccc3Oc3cc(C#N)cc-2c31. The molecule has 0 aromatic heterocycles. The zero-order valence-corrected chi connectivity index (χ0v) is 32.1. The summed E-state index contributed by atoms with van der Waals surface area (Å²) in [5, 5.41) is 28.3. The van der Waals surface area contributed by atoms with Crippen molar-refractivity contribution in [2.75, 3.05) is 0 Å². The highest BCUT2D eigenvalue weighted by molar-refractivity contribution is 7.01. The first-order chi connectivity index (χ1) is 26.9. The average molecular weight is 716 g/mol. The predicted octanol–water partition coefficient (Wildman–Crippen LogP) is 8.13. The van der Waals surface area contributed by atoms with Crippen LogP contribution in [0.4, 0.5) is 0 Å². The summed E-state index contributed by atoms with van der Waals surface area (Å²) < 4.78 is 13.3. The van der Waals surface area contributed by atoms with Crippen LogP contribution in [0.2, 0.25) is 0 Å². The molecule has 0 N–H and O–H groups in total. The van der Waals surface area contributed by atoms with Crippen LogP contribution in [-0.4, -0.2) is 13.4 Å². The zero-order valence-electron chi connectivity index (χ0n) is 32.1. The Morgan fingerprint density at radius 1 is 0.446 bits per heavy atom. The summed E-state index contributed by atoms with van der Waals surface area (Å²) in [4.78, 5) is 0. The Morgan fingerprint density at radius 2 is 0.857 bits per heavy atom. The first-order valence-corrected chi connectivity index (χ1v) is 19.5. The van der Waals surface area contributed by atoms with Gasteiger partial charge in [0.15, 0.2) is 0 Å². The van der Waals surface area contributed by atoms with Gasteiger partial charge in [0, 0.05) is 0 Å². The molecule has 0 spiro atoms. The van der Waals surface area contributed by atoms with Crippen molar-refractivity contribution in [1.29, 1.82) is 10.5 Å². The Kier molecular flexibility index (Phi) is 5.81. The van der Waals surface area contributed by atoms with Gasteiger partial charge in [-0.1, -0.05) is 101 Å². The highest BCUT2D eigenvalue weighted by atomic mass is 16.5. The van der Waals surface area contributed by atoms with Crippen molar-refractivity contribution in [2.45, 2.75) is 52.4 Å². The molecule has 12 rings (SSSR count). The molecule has 8 aromatic rings.